The van der Waals surface area contributed by atoms with Crippen molar-refractivity contribution in [2.45, 2.75) is 57.9 Å². The van der Waals surface area contributed by atoms with Crippen molar-refractivity contribution in [3.63, 3.8) is 0 Å². The highest BCUT2D eigenvalue weighted by atomic mass is 16.5. The summed E-state index contributed by atoms with van der Waals surface area (Å²) in [6, 6.07) is 9.40. The molecule has 3 rings (SSSR count). The molecule has 0 bridgehead atoms. The second-order valence-corrected chi connectivity index (χ2v) is 7.69. The Morgan fingerprint density at radius 1 is 1.25 bits per heavy atom. The Kier molecular flexibility index (Phi) is 6.85. The van der Waals surface area contributed by atoms with Crippen LogP contribution in [0.5, 0.6) is 5.75 Å². The van der Waals surface area contributed by atoms with Gasteiger partial charge in [0.2, 0.25) is 0 Å². The van der Waals surface area contributed by atoms with E-state index in [4.69, 9.17) is 4.74 Å². The van der Waals surface area contributed by atoms with Gasteiger partial charge in [0.1, 0.15) is 5.75 Å². The van der Waals surface area contributed by atoms with Crippen LogP contribution in [-0.2, 0) is 11.3 Å². The molecule has 0 spiro atoms. The summed E-state index contributed by atoms with van der Waals surface area (Å²) in [5.74, 6) is 1.34. The Balaban J connectivity index is 1.41. The van der Waals surface area contributed by atoms with Crippen LogP contribution in [0.25, 0.3) is 0 Å². The Hall–Kier alpha value is -2.63. The molecule has 0 unspecified atom stereocenters. The largest absolute Gasteiger partial charge is 0.484 e. The van der Waals surface area contributed by atoms with E-state index >= 15 is 0 Å². The van der Waals surface area contributed by atoms with Crippen molar-refractivity contribution in [1.82, 2.24) is 14.9 Å². The van der Waals surface area contributed by atoms with E-state index in [1.54, 1.807) is 12.4 Å². The van der Waals surface area contributed by atoms with Gasteiger partial charge in [-0.2, -0.15) is 0 Å². The Labute approximate surface area is 165 Å². The van der Waals surface area contributed by atoms with Crippen LogP contribution in [0.15, 0.2) is 41.5 Å². The lowest BCUT2D eigenvalue weighted by Crippen LogP contribution is -2.33. The van der Waals surface area contributed by atoms with Gasteiger partial charge < -0.3 is 10.1 Å². The van der Waals surface area contributed by atoms with E-state index in [1.807, 2.05) is 24.3 Å². The molecule has 1 aliphatic carbocycles. The number of nitrogens with zero attached hydrogens (tertiary/aromatic N) is 2. The molecule has 0 saturated heterocycles. The molecule has 1 heterocycles. The number of amides is 1. The summed E-state index contributed by atoms with van der Waals surface area (Å²) in [5.41, 5.74) is 2.07. The first-order chi connectivity index (χ1) is 13.5. The monoisotopic (exact) mass is 383 g/mol. The summed E-state index contributed by atoms with van der Waals surface area (Å²) in [6.07, 6.45) is 6.26. The zero-order valence-corrected chi connectivity index (χ0v) is 16.7. The molecule has 28 heavy (non-hydrogen) atoms. The van der Waals surface area contributed by atoms with E-state index in [2.05, 4.69) is 24.1 Å². The summed E-state index contributed by atoms with van der Waals surface area (Å²) in [7, 11) is 0. The van der Waals surface area contributed by atoms with Crippen molar-refractivity contribution < 1.29 is 9.53 Å². The molecule has 150 valence electrons. The van der Waals surface area contributed by atoms with Crippen LogP contribution in [0.3, 0.4) is 0 Å². The zero-order chi connectivity index (χ0) is 19.9. The van der Waals surface area contributed by atoms with Crippen LogP contribution in [0, 0.1) is 0 Å². The van der Waals surface area contributed by atoms with Crippen LogP contribution in [0.1, 0.15) is 62.6 Å². The maximum Gasteiger partial charge on any atom is 0.258 e. The molecule has 1 aromatic carbocycles. The Morgan fingerprint density at radius 3 is 2.61 bits per heavy atom. The maximum atomic E-state index is 12.2. The lowest BCUT2D eigenvalue weighted by Gasteiger charge is -2.11. The van der Waals surface area contributed by atoms with E-state index in [9.17, 15) is 9.59 Å². The number of carbonyl (C=O) groups excluding carboxylic acids is 1. The molecule has 1 N–H and O–H groups in total. The fourth-order valence-corrected chi connectivity index (χ4v) is 3.52. The number of benzene rings is 1. The Morgan fingerprint density at radius 2 is 1.96 bits per heavy atom. The van der Waals surface area contributed by atoms with Crippen molar-refractivity contribution in [2.75, 3.05) is 13.2 Å². The van der Waals surface area contributed by atoms with Crippen molar-refractivity contribution >= 4 is 5.91 Å². The molecular formula is C22H29N3O3. The maximum absolute atomic E-state index is 12.2. The van der Waals surface area contributed by atoms with Gasteiger partial charge in [-0.1, -0.05) is 38.8 Å². The third kappa shape index (κ3) is 5.44. The van der Waals surface area contributed by atoms with Crippen LogP contribution >= 0.6 is 0 Å². The molecule has 0 atom stereocenters. The number of ether oxygens (including phenoxy) is 1. The minimum absolute atomic E-state index is 0.0468. The lowest BCUT2D eigenvalue weighted by atomic mass is 10.0. The van der Waals surface area contributed by atoms with E-state index < -0.39 is 0 Å². The first-order valence-electron chi connectivity index (χ1n) is 10.1. The molecule has 1 saturated carbocycles. The summed E-state index contributed by atoms with van der Waals surface area (Å²) in [6.45, 7) is 4.97. The standard InChI is InChI=1S/C22H29N3O3/c1-16(2)17-7-9-19(10-8-17)28-14-21(26)23-11-12-25-15-24-20(13-22(25)27)18-5-3-4-6-18/h7-10,13,15-16,18H,3-6,11-12,14H2,1-2H3,(H,23,26). The molecule has 1 fully saturated rings. The van der Waals surface area contributed by atoms with E-state index in [0.29, 0.717) is 30.7 Å². The van der Waals surface area contributed by atoms with Crippen molar-refractivity contribution in [1.29, 1.82) is 0 Å². The van der Waals surface area contributed by atoms with Gasteiger partial charge in [0, 0.05) is 25.1 Å². The normalized spacial score (nSPS) is 14.4. The van der Waals surface area contributed by atoms with Gasteiger partial charge in [0.05, 0.1) is 12.0 Å². The van der Waals surface area contributed by atoms with Crippen LogP contribution < -0.4 is 15.6 Å². The van der Waals surface area contributed by atoms with E-state index in [0.717, 1.165) is 18.5 Å². The van der Waals surface area contributed by atoms with Gasteiger partial charge in [-0.3, -0.25) is 14.2 Å². The minimum atomic E-state index is -0.212. The topological polar surface area (TPSA) is 73.2 Å². The number of nitrogens with one attached hydrogen (secondary N) is 1. The van der Waals surface area contributed by atoms with Crippen molar-refractivity contribution in [3.05, 3.63) is 58.3 Å². The fraction of sp³-hybridized carbons (Fsp3) is 0.500. The second-order valence-electron chi connectivity index (χ2n) is 7.69. The zero-order valence-electron chi connectivity index (χ0n) is 16.7. The second kappa shape index (κ2) is 9.53. The summed E-state index contributed by atoms with van der Waals surface area (Å²) in [5, 5.41) is 2.78. The van der Waals surface area contributed by atoms with Crippen molar-refractivity contribution in [3.8, 4) is 5.75 Å². The smallest absolute Gasteiger partial charge is 0.258 e. The van der Waals surface area contributed by atoms with Gasteiger partial charge in [0.15, 0.2) is 6.61 Å². The number of carbonyl (C=O) groups is 1. The summed E-state index contributed by atoms with van der Waals surface area (Å²) < 4.78 is 7.04. The first kappa shape index (κ1) is 20.1. The van der Waals surface area contributed by atoms with E-state index in [-0.39, 0.29) is 18.1 Å². The lowest BCUT2D eigenvalue weighted by molar-refractivity contribution is -0.123. The first-order valence-corrected chi connectivity index (χ1v) is 10.1. The van der Waals surface area contributed by atoms with Gasteiger partial charge in [-0.25, -0.2) is 4.98 Å². The van der Waals surface area contributed by atoms with Crippen LogP contribution in [-0.4, -0.2) is 28.6 Å². The molecule has 0 radical (unpaired) electrons. The molecule has 6 heteroatoms. The summed E-state index contributed by atoms with van der Waals surface area (Å²) in [4.78, 5) is 28.6. The van der Waals surface area contributed by atoms with Gasteiger partial charge >= 0.3 is 0 Å². The highest BCUT2D eigenvalue weighted by Gasteiger charge is 2.18. The van der Waals surface area contributed by atoms with Crippen molar-refractivity contribution in [2.24, 2.45) is 0 Å². The minimum Gasteiger partial charge on any atom is -0.484 e. The predicted molar refractivity (Wildman–Crippen MR) is 109 cm³/mol. The Bertz CT molecular complexity index is 837. The third-order valence-corrected chi connectivity index (χ3v) is 5.27. The predicted octanol–water partition coefficient (Wildman–Crippen LogP) is 3.22. The molecule has 1 aromatic heterocycles. The van der Waals surface area contributed by atoms with Crippen LogP contribution in [0.2, 0.25) is 0 Å². The van der Waals surface area contributed by atoms with E-state index in [1.165, 1.54) is 23.0 Å². The molecule has 0 aliphatic heterocycles. The fourth-order valence-electron chi connectivity index (χ4n) is 3.52. The molecule has 6 nitrogen and oxygen atoms in total. The quantitative estimate of drug-likeness (QED) is 0.760. The molecule has 1 amide bonds. The number of hydrogen-bond acceptors (Lipinski definition) is 4. The molecular weight excluding hydrogens is 354 g/mol. The number of aromatic nitrogens is 2. The highest BCUT2D eigenvalue weighted by molar-refractivity contribution is 5.77. The average Bonchev–Trinajstić information content (AvgIpc) is 3.23. The molecule has 2 aromatic rings. The van der Waals surface area contributed by atoms with Gasteiger partial charge in [-0.15, -0.1) is 0 Å². The molecule has 1 aliphatic rings. The number of hydrogen-bond donors (Lipinski definition) is 1. The summed E-state index contributed by atoms with van der Waals surface area (Å²) >= 11 is 0. The van der Waals surface area contributed by atoms with Crippen LogP contribution in [0.4, 0.5) is 0 Å². The average molecular weight is 383 g/mol. The van der Waals surface area contributed by atoms with Gasteiger partial charge in [-0.05, 0) is 36.5 Å². The number of rotatable bonds is 8. The highest BCUT2D eigenvalue weighted by Crippen LogP contribution is 2.32. The van der Waals surface area contributed by atoms with Gasteiger partial charge in [0.25, 0.3) is 11.5 Å². The third-order valence-electron chi connectivity index (χ3n) is 5.27. The SMILES string of the molecule is CC(C)c1ccc(OCC(=O)NCCn2cnc(C3CCCC3)cc2=O)cc1.